The highest BCUT2D eigenvalue weighted by Crippen LogP contribution is 2.10. The van der Waals surface area contributed by atoms with Crippen molar-refractivity contribution in [3.05, 3.63) is 23.8 Å². The van der Waals surface area contributed by atoms with Crippen LogP contribution in [0.15, 0.2) is 12.4 Å². The summed E-state index contributed by atoms with van der Waals surface area (Å²) in [7, 11) is 0. The van der Waals surface area contributed by atoms with Crippen molar-refractivity contribution in [2.75, 3.05) is 0 Å². The van der Waals surface area contributed by atoms with Crippen molar-refractivity contribution >= 4 is 0 Å². The quantitative estimate of drug-likeness (QED) is 0.731. The molecule has 0 amide bonds. The Bertz CT molecular complexity index is 278. The number of aryl methyl sites for hydroxylation is 2. The standard InChI is InChI=1S/C14H24N2/c1-11(2)5-7-13-9-14(16-10-15-13)8-6-12(3)4/h9-12H,5-8H2,1-4H3. The average Bonchev–Trinajstić information content (AvgIpc) is 2.24. The minimum Gasteiger partial charge on any atom is -0.241 e. The van der Waals surface area contributed by atoms with Gasteiger partial charge in [-0.2, -0.15) is 0 Å². The number of hydrogen-bond acceptors (Lipinski definition) is 2. The summed E-state index contributed by atoms with van der Waals surface area (Å²) in [6.45, 7) is 9.00. The first kappa shape index (κ1) is 13.1. The molecule has 0 atom stereocenters. The molecule has 1 rings (SSSR count). The molecule has 16 heavy (non-hydrogen) atoms. The first-order chi connectivity index (χ1) is 7.58. The van der Waals surface area contributed by atoms with Crippen molar-refractivity contribution in [1.29, 1.82) is 0 Å². The van der Waals surface area contributed by atoms with Gasteiger partial charge < -0.3 is 0 Å². The minimum atomic E-state index is 0.745. The van der Waals surface area contributed by atoms with Crippen LogP contribution >= 0.6 is 0 Å². The van der Waals surface area contributed by atoms with Crippen molar-refractivity contribution in [3.8, 4) is 0 Å². The van der Waals surface area contributed by atoms with Gasteiger partial charge in [0.05, 0.1) is 0 Å². The Morgan fingerprint density at radius 1 is 0.875 bits per heavy atom. The van der Waals surface area contributed by atoms with E-state index in [1.54, 1.807) is 6.33 Å². The Balaban J connectivity index is 2.50. The summed E-state index contributed by atoms with van der Waals surface area (Å²) in [6.07, 6.45) is 6.29. The Labute approximate surface area is 99.5 Å². The third-order valence-electron chi connectivity index (χ3n) is 2.74. The van der Waals surface area contributed by atoms with Gasteiger partial charge in [0.25, 0.3) is 0 Å². The maximum atomic E-state index is 4.33. The maximum absolute atomic E-state index is 4.33. The van der Waals surface area contributed by atoms with Crippen LogP contribution in [-0.2, 0) is 12.8 Å². The fraction of sp³-hybridized carbons (Fsp3) is 0.714. The summed E-state index contributed by atoms with van der Waals surface area (Å²) in [6, 6.07) is 2.17. The first-order valence-corrected chi connectivity index (χ1v) is 6.37. The molecule has 0 aliphatic rings. The highest BCUT2D eigenvalue weighted by Gasteiger charge is 2.02. The SMILES string of the molecule is CC(C)CCc1cc(CCC(C)C)ncn1. The van der Waals surface area contributed by atoms with Gasteiger partial charge in [0.1, 0.15) is 6.33 Å². The number of rotatable bonds is 6. The molecule has 0 unspecified atom stereocenters. The van der Waals surface area contributed by atoms with Gasteiger partial charge in [-0.25, -0.2) is 9.97 Å². The monoisotopic (exact) mass is 220 g/mol. The Morgan fingerprint density at radius 3 is 1.69 bits per heavy atom. The van der Waals surface area contributed by atoms with E-state index in [0.717, 1.165) is 24.7 Å². The highest BCUT2D eigenvalue weighted by molar-refractivity contribution is 5.08. The Kier molecular flexibility index (Phi) is 5.44. The molecule has 0 N–H and O–H groups in total. The van der Waals surface area contributed by atoms with Gasteiger partial charge in [0.15, 0.2) is 0 Å². The van der Waals surface area contributed by atoms with Gasteiger partial charge in [-0.3, -0.25) is 0 Å². The van der Waals surface area contributed by atoms with Crippen molar-refractivity contribution < 1.29 is 0 Å². The molecule has 90 valence electrons. The zero-order chi connectivity index (χ0) is 12.0. The lowest BCUT2D eigenvalue weighted by atomic mass is 10.0. The van der Waals surface area contributed by atoms with Gasteiger partial charge in [-0.05, 0) is 43.6 Å². The molecule has 1 heterocycles. The van der Waals surface area contributed by atoms with Crippen LogP contribution in [0.1, 0.15) is 51.9 Å². The molecule has 1 aromatic rings. The minimum absolute atomic E-state index is 0.745. The lowest BCUT2D eigenvalue weighted by Crippen LogP contribution is -2.00. The summed E-state index contributed by atoms with van der Waals surface area (Å²) < 4.78 is 0. The Morgan fingerprint density at radius 2 is 1.31 bits per heavy atom. The summed E-state index contributed by atoms with van der Waals surface area (Å²) >= 11 is 0. The molecule has 0 spiro atoms. The molecule has 0 aromatic carbocycles. The smallest absolute Gasteiger partial charge is 0.115 e. The van der Waals surface area contributed by atoms with E-state index in [0.29, 0.717) is 0 Å². The van der Waals surface area contributed by atoms with E-state index in [1.165, 1.54) is 24.2 Å². The van der Waals surface area contributed by atoms with E-state index in [4.69, 9.17) is 0 Å². The van der Waals surface area contributed by atoms with Gasteiger partial charge in [0, 0.05) is 11.4 Å². The third kappa shape index (κ3) is 5.24. The van der Waals surface area contributed by atoms with Crippen LogP contribution in [0, 0.1) is 11.8 Å². The summed E-state index contributed by atoms with van der Waals surface area (Å²) in [5.74, 6) is 1.49. The normalized spacial score (nSPS) is 11.4. The van der Waals surface area contributed by atoms with Gasteiger partial charge >= 0.3 is 0 Å². The van der Waals surface area contributed by atoms with E-state index in [1.807, 2.05) is 0 Å². The number of nitrogens with zero attached hydrogens (tertiary/aromatic N) is 2. The molecule has 0 fully saturated rings. The molecule has 2 nitrogen and oxygen atoms in total. The second-order valence-corrected chi connectivity index (χ2v) is 5.37. The zero-order valence-corrected chi connectivity index (χ0v) is 11.0. The Hall–Kier alpha value is -0.920. The van der Waals surface area contributed by atoms with Crippen LogP contribution in [0.2, 0.25) is 0 Å². The van der Waals surface area contributed by atoms with E-state index >= 15 is 0 Å². The van der Waals surface area contributed by atoms with Crippen LogP contribution < -0.4 is 0 Å². The summed E-state index contributed by atoms with van der Waals surface area (Å²) in [5, 5.41) is 0. The van der Waals surface area contributed by atoms with E-state index < -0.39 is 0 Å². The van der Waals surface area contributed by atoms with Gasteiger partial charge in [-0.1, -0.05) is 27.7 Å². The van der Waals surface area contributed by atoms with Gasteiger partial charge in [-0.15, -0.1) is 0 Å². The predicted octanol–water partition coefficient (Wildman–Crippen LogP) is 3.65. The fourth-order valence-corrected chi connectivity index (χ4v) is 1.59. The topological polar surface area (TPSA) is 25.8 Å². The van der Waals surface area contributed by atoms with Crippen LogP contribution in [0.3, 0.4) is 0 Å². The van der Waals surface area contributed by atoms with Crippen LogP contribution in [0.4, 0.5) is 0 Å². The molecule has 0 radical (unpaired) electrons. The first-order valence-electron chi connectivity index (χ1n) is 6.37. The van der Waals surface area contributed by atoms with Crippen molar-refractivity contribution in [1.82, 2.24) is 9.97 Å². The predicted molar refractivity (Wildman–Crippen MR) is 68.4 cm³/mol. The van der Waals surface area contributed by atoms with E-state index in [9.17, 15) is 0 Å². The molecule has 0 bridgehead atoms. The lowest BCUT2D eigenvalue weighted by Gasteiger charge is -2.07. The molecule has 0 aliphatic heterocycles. The highest BCUT2D eigenvalue weighted by atomic mass is 14.8. The molecular weight excluding hydrogens is 196 g/mol. The van der Waals surface area contributed by atoms with Crippen molar-refractivity contribution in [2.45, 2.75) is 53.4 Å². The number of aromatic nitrogens is 2. The van der Waals surface area contributed by atoms with Crippen molar-refractivity contribution in [2.24, 2.45) is 11.8 Å². The van der Waals surface area contributed by atoms with E-state index in [-0.39, 0.29) is 0 Å². The van der Waals surface area contributed by atoms with Crippen LogP contribution in [0.5, 0.6) is 0 Å². The molecule has 2 heteroatoms. The lowest BCUT2D eigenvalue weighted by molar-refractivity contribution is 0.572. The second kappa shape index (κ2) is 6.62. The zero-order valence-electron chi connectivity index (χ0n) is 11.0. The van der Waals surface area contributed by atoms with Crippen LogP contribution in [0.25, 0.3) is 0 Å². The molecule has 0 aliphatic carbocycles. The average molecular weight is 220 g/mol. The van der Waals surface area contributed by atoms with Crippen molar-refractivity contribution in [3.63, 3.8) is 0 Å². The molecule has 1 aromatic heterocycles. The van der Waals surface area contributed by atoms with Gasteiger partial charge in [0.2, 0.25) is 0 Å². The summed E-state index contributed by atoms with van der Waals surface area (Å²) in [5.41, 5.74) is 2.39. The second-order valence-electron chi connectivity index (χ2n) is 5.37. The molecule has 0 saturated carbocycles. The largest absolute Gasteiger partial charge is 0.241 e. The fourth-order valence-electron chi connectivity index (χ4n) is 1.59. The summed E-state index contributed by atoms with van der Waals surface area (Å²) in [4.78, 5) is 8.65. The molecular formula is C14H24N2. The van der Waals surface area contributed by atoms with E-state index in [2.05, 4.69) is 43.7 Å². The number of hydrogen-bond donors (Lipinski definition) is 0. The maximum Gasteiger partial charge on any atom is 0.115 e. The third-order valence-corrected chi connectivity index (χ3v) is 2.74. The van der Waals surface area contributed by atoms with Crippen LogP contribution in [-0.4, -0.2) is 9.97 Å². The molecule has 0 saturated heterocycles.